The standard InChI is InChI=1S/C37H40Cl2N6O7S/c1-6-51-29(47)15-12-23-18-41-35(53-23)33(48)43-27-9-7-8-25(30(27)38)32-31(39)24(16-17-40-32)26-13-10-21(34(44-26)50-5)19-45(36(49)52-37(2,3)4)20-22-11-14-28(46)42-22/h7-10,13,16-18,22H,6,11-12,14-15,19-20H2,1-5H3,(H,42,46)(H,43,48)/t22-/m0/s1. The second-order valence-corrected chi connectivity index (χ2v) is 15.0. The van der Waals surface area contributed by atoms with Gasteiger partial charge in [0.05, 0.1) is 53.8 Å². The quantitative estimate of drug-likeness (QED) is 0.131. The average Bonchev–Trinajstić information content (AvgIpc) is 3.76. The molecular formula is C37H40Cl2N6O7S. The van der Waals surface area contributed by atoms with Crippen LogP contribution in [0.2, 0.25) is 10.0 Å². The van der Waals surface area contributed by atoms with E-state index in [0.29, 0.717) is 59.6 Å². The number of pyridine rings is 2. The summed E-state index contributed by atoms with van der Waals surface area (Å²) in [5, 5.41) is 6.41. The lowest BCUT2D eigenvalue weighted by Gasteiger charge is -2.29. The molecule has 0 bridgehead atoms. The minimum absolute atomic E-state index is 0.0521. The van der Waals surface area contributed by atoms with E-state index in [1.54, 1.807) is 76.5 Å². The molecule has 1 fully saturated rings. The van der Waals surface area contributed by atoms with Crippen molar-refractivity contribution < 1.29 is 33.4 Å². The molecule has 1 aromatic carbocycles. The normalized spacial score (nSPS) is 14.0. The fraction of sp³-hybridized carbons (Fsp3) is 0.378. The number of carbonyl (C=O) groups is 4. The molecule has 1 saturated heterocycles. The van der Waals surface area contributed by atoms with E-state index in [9.17, 15) is 19.2 Å². The molecule has 0 spiro atoms. The molecule has 3 aromatic heterocycles. The van der Waals surface area contributed by atoms with Gasteiger partial charge in [0.2, 0.25) is 11.8 Å². The molecule has 16 heteroatoms. The van der Waals surface area contributed by atoms with Crippen molar-refractivity contribution >= 4 is 64.1 Å². The Labute approximate surface area is 321 Å². The van der Waals surface area contributed by atoms with Crippen molar-refractivity contribution in [1.82, 2.24) is 25.2 Å². The van der Waals surface area contributed by atoms with Crippen molar-refractivity contribution in [2.75, 3.05) is 25.6 Å². The zero-order valence-corrected chi connectivity index (χ0v) is 32.3. The molecule has 53 heavy (non-hydrogen) atoms. The Hall–Kier alpha value is -4.79. The number of anilines is 1. The zero-order chi connectivity index (χ0) is 38.3. The van der Waals surface area contributed by atoms with Gasteiger partial charge < -0.3 is 29.7 Å². The maximum Gasteiger partial charge on any atom is 0.410 e. The minimum atomic E-state index is -0.719. The highest BCUT2D eigenvalue weighted by Gasteiger charge is 2.29. The van der Waals surface area contributed by atoms with Crippen LogP contribution in [0.5, 0.6) is 5.88 Å². The SMILES string of the molecule is CCOC(=O)CCc1cnc(C(=O)Nc2cccc(-c3nccc(-c4ccc(CN(C[C@@H]5CCC(=O)N5)C(=O)OC(C)(C)C)c(OC)n4)c3Cl)c2Cl)s1. The maximum absolute atomic E-state index is 13.2. The molecular weight excluding hydrogens is 743 g/mol. The van der Waals surface area contributed by atoms with E-state index in [1.165, 1.54) is 23.3 Å². The lowest BCUT2D eigenvalue weighted by atomic mass is 10.1. The second kappa shape index (κ2) is 17.4. The van der Waals surface area contributed by atoms with Gasteiger partial charge in [0.1, 0.15) is 5.60 Å². The van der Waals surface area contributed by atoms with Crippen LogP contribution in [-0.4, -0.2) is 75.6 Å². The van der Waals surface area contributed by atoms with E-state index in [1.807, 2.05) is 0 Å². The van der Waals surface area contributed by atoms with Crippen LogP contribution in [0.15, 0.2) is 48.8 Å². The Kier molecular flexibility index (Phi) is 12.9. The molecule has 4 aromatic rings. The number of rotatable bonds is 13. The van der Waals surface area contributed by atoms with E-state index in [2.05, 4.69) is 20.6 Å². The van der Waals surface area contributed by atoms with E-state index in [4.69, 9.17) is 42.4 Å². The van der Waals surface area contributed by atoms with Gasteiger partial charge in [-0.2, -0.15) is 0 Å². The molecule has 1 aliphatic rings. The van der Waals surface area contributed by atoms with Gasteiger partial charge in [0.15, 0.2) is 5.01 Å². The smallest absolute Gasteiger partial charge is 0.410 e. The molecule has 2 N–H and O–H groups in total. The molecule has 1 aliphatic heterocycles. The van der Waals surface area contributed by atoms with Crippen LogP contribution < -0.4 is 15.4 Å². The number of methoxy groups -OCH3 is 1. The summed E-state index contributed by atoms with van der Waals surface area (Å²) in [5.74, 6) is -0.550. The van der Waals surface area contributed by atoms with Crippen molar-refractivity contribution in [3.8, 4) is 28.4 Å². The Morgan fingerprint density at radius 1 is 1.08 bits per heavy atom. The molecule has 4 heterocycles. The molecule has 1 atom stereocenters. The van der Waals surface area contributed by atoms with Gasteiger partial charge in [-0.3, -0.25) is 19.4 Å². The summed E-state index contributed by atoms with van der Waals surface area (Å²) in [4.78, 5) is 65.7. The summed E-state index contributed by atoms with van der Waals surface area (Å²) in [6, 6.07) is 10.2. The number of nitrogens with zero attached hydrogens (tertiary/aromatic N) is 4. The Bertz CT molecular complexity index is 2000. The van der Waals surface area contributed by atoms with Crippen molar-refractivity contribution in [2.45, 2.75) is 71.6 Å². The van der Waals surface area contributed by atoms with Gasteiger partial charge in [-0.1, -0.05) is 35.3 Å². The summed E-state index contributed by atoms with van der Waals surface area (Å²) < 4.78 is 16.3. The first-order chi connectivity index (χ1) is 25.3. The fourth-order valence-corrected chi connectivity index (χ4v) is 6.92. The molecule has 3 amide bonds. The number of hydrogen-bond acceptors (Lipinski definition) is 11. The molecule has 5 rings (SSSR count). The van der Waals surface area contributed by atoms with E-state index in [-0.39, 0.29) is 58.4 Å². The maximum atomic E-state index is 13.2. The van der Waals surface area contributed by atoms with Crippen LogP contribution in [-0.2, 0) is 32.0 Å². The molecule has 0 aliphatic carbocycles. The van der Waals surface area contributed by atoms with Crippen LogP contribution in [0.3, 0.4) is 0 Å². The third-order valence-electron chi connectivity index (χ3n) is 7.97. The number of halogens is 2. The predicted molar refractivity (Wildman–Crippen MR) is 202 cm³/mol. The van der Waals surface area contributed by atoms with Crippen LogP contribution in [0.1, 0.15) is 67.2 Å². The third kappa shape index (κ3) is 10.2. The highest BCUT2D eigenvalue weighted by Crippen LogP contribution is 2.40. The van der Waals surface area contributed by atoms with E-state index < -0.39 is 17.6 Å². The predicted octanol–water partition coefficient (Wildman–Crippen LogP) is 7.35. The molecule has 0 radical (unpaired) electrons. The van der Waals surface area contributed by atoms with Crippen molar-refractivity contribution in [2.24, 2.45) is 0 Å². The zero-order valence-electron chi connectivity index (χ0n) is 30.0. The van der Waals surface area contributed by atoms with Crippen molar-refractivity contribution in [3.05, 3.63) is 74.3 Å². The highest BCUT2D eigenvalue weighted by molar-refractivity contribution is 7.13. The van der Waals surface area contributed by atoms with Crippen molar-refractivity contribution in [1.29, 1.82) is 0 Å². The van der Waals surface area contributed by atoms with Gasteiger partial charge in [-0.15, -0.1) is 11.3 Å². The van der Waals surface area contributed by atoms with E-state index in [0.717, 1.165) is 4.88 Å². The topological polar surface area (TPSA) is 162 Å². The van der Waals surface area contributed by atoms with Gasteiger partial charge in [0.25, 0.3) is 5.91 Å². The lowest BCUT2D eigenvalue weighted by Crippen LogP contribution is -2.43. The minimum Gasteiger partial charge on any atom is -0.481 e. The van der Waals surface area contributed by atoms with Crippen LogP contribution >= 0.6 is 34.5 Å². The van der Waals surface area contributed by atoms with Gasteiger partial charge in [0, 0.05) is 53.0 Å². The van der Waals surface area contributed by atoms with Gasteiger partial charge >= 0.3 is 12.1 Å². The summed E-state index contributed by atoms with van der Waals surface area (Å²) in [5.41, 5.74) is 2.09. The number of amides is 3. The number of aryl methyl sites for hydroxylation is 1. The number of ether oxygens (including phenoxy) is 3. The van der Waals surface area contributed by atoms with E-state index >= 15 is 0 Å². The van der Waals surface area contributed by atoms with Crippen molar-refractivity contribution in [3.63, 3.8) is 0 Å². The largest absolute Gasteiger partial charge is 0.481 e. The van der Waals surface area contributed by atoms with Gasteiger partial charge in [-0.05, 0) is 64.8 Å². The summed E-state index contributed by atoms with van der Waals surface area (Å²) in [6.45, 7) is 7.81. The average molecular weight is 784 g/mol. The first kappa shape index (κ1) is 39.4. The Balaban J connectivity index is 1.36. The third-order valence-corrected chi connectivity index (χ3v) is 9.81. The second-order valence-electron chi connectivity index (χ2n) is 13.1. The lowest BCUT2D eigenvalue weighted by molar-refractivity contribution is -0.143. The molecule has 0 saturated carbocycles. The number of esters is 1. The van der Waals surface area contributed by atoms with Crippen LogP contribution in [0, 0.1) is 0 Å². The molecule has 13 nitrogen and oxygen atoms in total. The highest BCUT2D eigenvalue weighted by atomic mass is 35.5. The summed E-state index contributed by atoms with van der Waals surface area (Å²) in [6.07, 6.45) is 4.24. The number of benzene rings is 1. The summed E-state index contributed by atoms with van der Waals surface area (Å²) in [7, 11) is 1.49. The molecule has 280 valence electrons. The summed E-state index contributed by atoms with van der Waals surface area (Å²) >= 11 is 15.0. The first-order valence-corrected chi connectivity index (χ1v) is 18.5. The number of nitrogens with one attached hydrogen (secondary N) is 2. The van der Waals surface area contributed by atoms with Gasteiger partial charge in [-0.25, -0.2) is 14.8 Å². The van der Waals surface area contributed by atoms with Crippen LogP contribution in [0.25, 0.3) is 22.5 Å². The number of hydrogen-bond donors (Lipinski definition) is 2. The Morgan fingerprint density at radius 2 is 1.87 bits per heavy atom. The monoisotopic (exact) mass is 782 g/mol. The number of aromatic nitrogens is 3. The number of thiazole rings is 1. The van der Waals surface area contributed by atoms with Crippen LogP contribution in [0.4, 0.5) is 10.5 Å². The number of carbonyl (C=O) groups excluding carboxylic acids is 4. The molecule has 0 unspecified atom stereocenters. The first-order valence-electron chi connectivity index (χ1n) is 16.9. The Morgan fingerprint density at radius 3 is 2.57 bits per heavy atom. The fourth-order valence-electron chi connectivity index (χ4n) is 5.54.